The Labute approximate surface area is 63.3 Å². The van der Waals surface area contributed by atoms with Gasteiger partial charge in [-0.25, -0.2) is 8.78 Å². The number of alkyl halides is 2. The quantitative estimate of drug-likeness (QED) is 0.613. The number of nitrogens with one attached hydrogen (secondary N) is 1. The molecule has 1 rings (SSSR count). The molecule has 1 fully saturated rings. The molecule has 62 valence electrons. The first kappa shape index (κ1) is 8.17. The summed E-state index contributed by atoms with van der Waals surface area (Å²) in [5.41, 5.74) is 0. The Balaban J connectivity index is 2.23. The van der Waals surface area contributed by atoms with Gasteiger partial charge in [0, 0.05) is 12.0 Å². The number of amides is 1. The van der Waals surface area contributed by atoms with Gasteiger partial charge in [-0.05, 0) is 12.5 Å². The first-order valence-electron chi connectivity index (χ1n) is 3.36. The van der Waals surface area contributed by atoms with E-state index in [4.69, 9.17) is 0 Å². The largest absolute Gasteiger partial charge is 0.349 e. The van der Waals surface area contributed by atoms with Crippen LogP contribution in [0, 0.1) is 5.92 Å². The Kier molecular flexibility index (Phi) is 2.22. The molecule has 2 atom stereocenters. The standard InChI is InChI=1S/C7H9F2NO/c1-2-6(11)10-5-3-4(5)7(8)9/h2,4-5,7H,1,3H2,(H,10,11)/t4-,5+/m1/s1. The van der Waals surface area contributed by atoms with E-state index in [1.165, 1.54) is 0 Å². The number of carbonyl (C=O) groups is 1. The minimum absolute atomic E-state index is 0.333. The first-order chi connectivity index (χ1) is 5.15. The van der Waals surface area contributed by atoms with Crippen molar-refractivity contribution in [3.05, 3.63) is 12.7 Å². The number of hydrogen-bond donors (Lipinski definition) is 1. The molecule has 11 heavy (non-hydrogen) atoms. The van der Waals surface area contributed by atoms with Crippen LogP contribution in [0.15, 0.2) is 12.7 Å². The molecule has 0 heterocycles. The summed E-state index contributed by atoms with van der Waals surface area (Å²) in [6, 6.07) is -0.333. The van der Waals surface area contributed by atoms with Gasteiger partial charge in [0.15, 0.2) is 0 Å². The molecule has 0 unspecified atom stereocenters. The maximum absolute atomic E-state index is 11.8. The minimum Gasteiger partial charge on any atom is -0.349 e. The van der Waals surface area contributed by atoms with Gasteiger partial charge >= 0.3 is 0 Å². The molecule has 0 spiro atoms. The zero-order valence-electron chi connectivity index (χ0n) is 5.89. The van der Waals surface area contributed by atoms with Crippen molar-refractivity contribution in [3.8, 4) is 0 Å². The van der Waals surface area contributed by atoms with E-state index in [1.54, 1.807) is 0 Å². The molecule has 0 aromatic carbocycles. The summed E-state index contributed by atoms with van der Waals surface area (Å²) in [5, 5.41) is 2.40. The molecule has 0 saturated heterocycles. The molecule has 1 saturated carbocycles. The van der Waals surface area contributed by atoms with Crippen molar-refractivity contribution in [1.82, 2.24) is 5.32 Å². The van der Waals surface area contributed by atoms with Gasteiger partial charge in [0.2, 0.25) is 12.3 Å². The molecule has 0 aromatic heterocycles. The topological polar surface area (TPSA) is 29.1 Å². The summed E-state index contributed by atoms with van der Waals surface area (Å²) in [6.45, 7) is 3.21. The van der Waals surface area contributed by atoms with Gasteiger partial charge in [0.1, 0.15) is 0 Å². The Bertz CT molecular complexity index is 181. The highest BCUT2D eigenvalue weighted by Gasteiger charge is 2.44. The van der Waals surface area contributed by atoms with Crippen molar-refractivity contribution < 1.29 is 13.6 Å². The molecular formula is C7H9F2NO. The van der Waals surface area contributed by atoms with Crippen LogP contribution in [0.5, 0.6) is 0 Å². The Morgan fingerprint density at radius 1 is 1.73 bits per heavy atom. The van der Waals surface area contributed by atoms with Crippen molar-refractivity contribution in [3.63, 3.8) is 0 Å². The molecule has 1 aliphatic carbocycles. The van der Waals surface area contributed by atoms with E-state index in [2.05, 4.69) is 11.9 Å². The second kappa shape index (κ2) is 2.98. The van der Waals surface area contributed by atoms with Crippen molar-refractivity contribution in [2.75, 3.05) is 0 Å². The molecule has 1 amide bonds. The van der Waals surface area contributed by atoms with E-state index < -0.39 is 12.3 Å². The average Bonchev–Trinajstić information content (AvgIpc) is 2.67. The van der Waals surface area contributed by atoms with E-state index in [9.17, 15) is 13.6 Å². The lowest BCUT2D eigenvalue weighted by Crippen LogP contribution is -2.25. The van der Waals surface area contributed by atoms with E-state index in [1.807, 2.05) is 0 Å². The van der Waals surface area contributed by atoms with Gasteiger partial charge in [-0.3, -0.25) is 4.79 Å². The number of rotatable bonds is 3. The number of carbonyl (C=O) groups excluding carboxylic acids is 1. The summed E-state index contributed by atoms with van der Waals surface area (Å²) in [4.78, 5) is 10.6. The van der Waals surface area contributed by atoms with E-state index in [-0.39, 0.29) is 11.9 Å². The molecule has 4 heteroatoms. The van der Waals surface area contributed by atoms with Crippen LogP contribution in [-0.2, 0) is 4.79 Å². The Morgan fingerprint density at radius 3 is 2.73 bits per heavy atom. The van der Waals surface area contributed by atoms with Gasteiger partial charge in [-0.1, -0.05) is 6.58 Å². The molecular weight excluding hydrogens is 152 g/mol. The maximum Gasteiger partial charge on any atom is 0.243 e. The van der Waals surface area contributed by atoms with Gasteiger partial charge < -0.3 is 5.32 Å². The van der Waals surface area contributed by atoms with Crippen LogP contribution in [0.1, 0.15) is 6.42 Å². The summed E-state index contributed by atoms with van der Waals surface area (Å²) in [6.07, 6.45) is -0.844. The number of hydrogen-bond acceptors (Lipinski definition) is 1. The minimum atomic E-state index is -2.31. The smallest absolute Gasteiger partial charge is 0.243 e. The predicted molar refractivity (Wildman–Crippen MR) is 36.2 cm³/mol. The van der Waals surface area contributed by atoms with Gasteiger partial charge in [0.05, 0.1) is 0 Å². The fourth-order valence-electron chi connectivity index (χ4n) is 0.901. The van der Waals surface area contributed by atoms with E-state index >= 15 is 0 Å². The van der Waals surface area contributed by atoms with Gasteiger partial charge in [-0.15, -0.1) is 0 Å². The predicted octanol–water partition coefficient (Wildman–Crippen LogP) is 0.942. The maximum atomic E-state index is 11.8. The lowest BCUT2D eigenvalue weighted by molar-refractivity contribution is -0.116. The van der Waals surface area contributed by atoms with Crippen LogP contribution < -0.4 is 5.32 Å². The van der Waals surface area contributed by atoms with Crippen LogP contribution in [-0.4, -0.2) is 18.4 Å². The first-order valence-corrected chi connectivity index (χ1v) is 3.36. The summed E-state index contributed by atoms with van der Waals surface area (Å²) < 4.78 is 23.7. The van der Waals surface area contributed by atoms with Crippen molar-refractivity contribution in [2.45, 2.75) is 18.9 Å². The fourth-order valence-corrected chi connectivity index (χ4v) is 0.901. The lowest BCUT2D eigenvalue weighted by Gasteiger charge is -1.98. The SMILES string of the molecule is C=CC(=O)N[C@H]1C[C@H]1C(F)F. The zero-order valence-corrected chi connectivity index (χ0v) is 5.89. The van der Waals surface area contributed by atoms with Crippen LogP contribution in [0.3, 0.4) is 0 Å². The molecule has 0 aliphatic heterocycles. The Hall–Kier alpha value is -0.930. The summed E-state index contributed by atoms with van der Waals surface area (Å²) >= 11 is 0. The molecule has 2 nitrogen and oxygen atoms in total. The highest BCUT2D eigenvalue weighted by molar-refractivity contribution is 5.87. The van der Waals surface area contributed by atoms with Gasteiger partial charge in [0.25, 0.3) is 0 Å². The molecule has 1 aliphatic rings. The third kappa shape index (κ3) is 2.00. The third-order valence-electron chi connectivity index (χ3n) is 1.68. The highest BCUT2D eigenvalue weighted by Crippen LogP contribution is 2.35. The zero-order chi connectivity index (χ0) is 8.43. The molecule has 0 aromatic rings. The van der Waals surface area contributed by atoms with Crippen LogP contribution in [0.25, 0.3) is 0 Å². The number of halogens is 2. The van der Waals surface area contributed by atoms with Crippen LogP contribution in [0.2, 0.25) is 0 Å². The summed E-state index contributed by atoms with van der Waals surface area (Å²) in [5.74, 6) is -1.02. The lowest BCUT2D eigenvalue weighted by atomic mass is 10.4. The molecule has 0 bridgehead atoms. The third-order valence-corrected chi connectivity index (χ3v) is 1.68. The summed E-state index contributed by atoms with van der Waals surface area (Å²) in [7, 11) is 0. The normalized spacial score (nSPS) is 28.3. The van der Waals surface area contributed by atoms with Crippen molar-refractivity contribution in [2.24, 2.45) is 5.92 Å². The van der Waals surface area contributed by atoms with E-state index in [0.717, 1.165) is 6.08 Å². The van der Waals surface area contributed by atoms with E-state index in [0.29, 0.717) is 6.42 Å². The van der Waals surface area contributed by atoms with Crippen LogP contribution in [0.4, 0.5) is 8.78 Å². The second-order valence-corrected chi connectivity index (χ2v) is 2.55. The van der Waals surface area contributed by atoms with Crippen LogP contribution >= 0.6 is 0 Å². The monoisotopic (exact) mass is 161 g/mol. The molecule has 1 N–H and O–H groups in total. The Morgan fingerprint density at radius 2 is 2.36 bits per heavy atom. The highest BCUT2D eigenvalue weighted by atomic mass is 19.3. The average molecular weight is 161 g/mol. The van der Waals surface area contributed by atoms with Crippen molar-refractivity contribution in [1.29, 1.82) is 0 Å². The fraction of sp³-hybridized carbons (Fsp3) is 0.571. The molecule has 0 radical (unpaired) electrons. The van der Waals surface area contributed by atoms with Gasteiger partial charge in [-0.2, -0.15) is 0 Å². The second-order valence-electron chi connectivity index (χ2n) is 2.55. The van der Waals surface area contributed by atoms with Crippen molar-refractivity contribution >= 4 is 5.91 Å².